The molecule has 0 aliphatic carbocycles. The van der Waals surface area contributed by atoms with Gasteiger partial charge in [-0.05, 0) is 36.4 Å². The van der Waals surface area contributed by atoms with E-state index in [0.29, 0.717) is 47.5 Å². The third-order valence-corrected chi connectivity index (χ3v) is 8.39. The highest BCUT2D eigenvalue weighted by molar-refractivity contribution is 7.10. The molecule has 46 heavy (non-hydrogen) atoms. The lowest BCUT2D eigenvalue weighted by Crippen LogP contribution is -2.41. The zero-order valence-corrected chi connectivity index (χ0v) is 26.3. The van der Waals surface area contributed by atoms with Gasteiger partial charge in [-0.25, -0.2) is 9.97 Å². The Bertz CT molecular complexity index is 1920. The van der Waals surface area contributed by atoms with Crippen LogP contribution in [0.4, 0.5) is 11.4 Å². The summed E-state index contributed by atoms with van der Waals surface area (Å²) in [5, 5.41) is 12.0. The number of carbonyl (C=O) groups excluding carboxylic acids is 3. The van der Waals surface area contributed by atoms with Crippen LogP contribution in [0, 0.1) is 0 Å². The number of thiazole rings is 1. The number of anilines is 2. The summed E-state index contributed by atoms with van der Waals surface area (Å²) in [7, 11) is 3.47. The minimum atomic E-state index is -0.385. The van der Waals surface area contributed by atoms with Crippen LogP contribution in [0.15, 0.2) is 66.3 Å². The lowest BCUT2D eigenvalue weighted by molar-refractivity contribution is 0.0383. The van der Waals surface area contributed by atoms with Crippen molar-refractivity contribution >= 4 is 63.5 Å². The second kappa shape index (κ2) is 13.9. The number of benzene rings is 1. The number of morpholine rings is 1. The number of aryl methyl sites for hydroxylation is 2. The smallest absolute Gasteiger partial charge is 0.275 e. The van der Waals surface area contributed by atoms with Crippen molar-refractivity contribution in [2.75, 3.05) is 50.0 Å². The van der Waals surface area contributed by atoms with Gasteiger partial charge < -0.3 is 29.8 Å². The van der Waals surface area contributed by atoms with Crippen LogP contribution in [0.5, 0.6) is 0 Å². The van der Waals surface area contributed by atoms with E-state index < -0.39 is 0 Å². The monoisotopic (exact) mass is 638 g/mol. The van der Waals surface area contributed by atoms with Gasteiger partial charge in [-0.15, -0.1) is 11.3 Å². The molecule has 0 bridgehead atoms. The normalized spacial score (nSPS) is 13.7. The Morgan fingerprint density at radius 1 is 0.870 bits per heavy atom. The van der Waals surface area contributed by atoms with Crippen molar-refractivity contribution in [1.29, 1.82) is 0 Å². The van der Waals surface area contributed by atoms with Gasteiger partial charge in [0.25, 0.3) is 17.7 Å². The van der Waals surface area contributed by atoms with Gasteiger partial charge >= 0.3 is 0 Å². The molecule has 1 saturated heterocycles. The Morgan fingerprint density at radius 2 is 1.57 bits per heavy atom. The molecule has 13 heteroatoms. The van der Waals surface area contributed by atoms with E-state index in [0.717, 1.165) is 36.2 Å². The number of rotatable bonds is 10. The average molecular weight is 639 g/mol. The Hall–Kier alpha value is -5.11. The number of amides is 3. The lowest BCUT2D eigenvalue weighted by Gasteiger charge is -2.26. The van der Waals surface area contributed by atoms with Crippen molar-refractivity contribution in [2.45, 2.75) is 0 Å². The maximum absolute atomic E-state index is 13.1. The van der Waals surface area contributed by atoms with Gasteiger partial charge in [0.2, 0.25) is 0 Å². The predicted octanol–water partition coefficient (Wildman–Crippen LogP) is 4.11. The molecule has 0 radical (unpaired) electrons. The first-order valence-corrected chi connectivity index (χ1v) is 15.7. The van der Waals surface area contributed by atoms with Crippen LogP contribution in [0.3, 0.4) is 0 Å². The molecule has 5 heterocycles. The molecule has 3 amide bonds. The Labute approximate surface area is 269 Å². The number of carbonyl (C=O) groups is 3. The third-order valence-electron chi connectivity index (χ3n) is 7.58. The van der Waals surface area contributed by atoms with Gasteiger partial charge in [0.15, 0.2) is 0 Å². The second-order valence-corrected chi connectivity index (χ2v) is 11.8. The summed E-state index contributed by atoms with van der Waals surface area (Å²) >= 11 is 1.35. The van der Waals surface area contributed by atoms with Crippen molar-refractivity contribution < 1.29 is 19.1 Å². The average Bonchev–Trinajstić information content (AvgIpc) is 3.78. The summed E-state index contributed by atoms with van der Waals surface area (Å²) in [6, 6.07) is 15.1. The minimum absolute atomic E-state index is 0.217. The number of fused-ring (bicyclic) bond motifs is 1. The Morgan fingerprint density at radius 3 is 2.33 bits per heavy atom. The van der Waals surface area contributed by atoms with E-state index in [-0.39, 0.29) is 23.4 Å². The van der Waals surface area contributed by atoms with Gasteiger partial charge in [0, 0.05) is 63.4 Å². The maximum Gasteiger partial charge on any atom is 0.275 e. The number of pyridine rings is 1. The largest absolute Gasteiger partial charge is 0.379 e. The van der Waals surface area contributed by atoms with Crippen molar-refractivity contribution in [3.8, 4) is 0 Å². The summed E-state index contributed by atoms with van der Waals surface area (Å²) in [5.74, 6) is -0.980. The molecule has 6 rings (SSSR count). The molecule has 3 N–H and O–H groups in total. The summed E-state index contributed by atoms with van der Waals surface area (Å²) in [4.78, 5) is 50.1. The summed E-state index contributed by atoms with van der Waals surface area (Å²) in [6.07, 6.45) is 7.03. The van der Waals surface area contributed by atoms with Gasteiger partial charge in [-0.1, -0.05) is 24.3 Å². The Balaban J connectivity index is 1.03. The number of hydrogen-bond acceptors (Lipinski definition) is 8. The van der Waals surface area contributed by atoms with Crippen molar-refractivity contribution in [2.24, 2.45) is 14.1 Å². The molecule has 0 atom stereocenters. The number of hydrogen-bond donors (Lipinski definition) is 3. The topological polar surface area (TPSA) is 135 Å². The highest BCUT2D eigenvalue weighted by Gasteiger charge is 2.18. The second-order valence-electron chi connectivity index (χ2n) is 10.9. The van der Waals surface area contributed by atoms with Crippen LogP contribution in [0.2, 0.25) is 0 Å². The van der Waals surface area contributed by atoms with E-state index in [1.165, 1.54) is 11.3 Å². The third kappa shape index (κ3) is 7.40. The molecular weight excluding hydrogens is 604 g/mol. The molecule has 1 fully saturated rings. The highest BCUT2D eigenvalue weighted by Crippen LogP contribution is 2.20. The molecule has 12 nitrogen and oxygen atoms in total. The molecule has 1 aliphatic rings. The van der Waals surface area contributed by atoms with Gasteiger partial charge in [0.1, 0.15) is 22.1 Å². The van der Waals surface area contributed by atoms with E-state index >= 15 is 0 Å². The highest BCUT2D eigenvalue weighted by atomic mass is 32.1. The van der Waals surface area contributed by atoms with Gasteiger partial charge in [-0.2, -0.15) is 0 Å². The quantitative estimate of drug-likeness (QED) is 0.210. The van der Waals surface area contributed by atoms with Crippen LogP contribution in [-0.2, 0) is 18.8 Å². The minimum Gasteiger partial charge on any atom is -0.379 e. The number of ether oxygens (including phenoxy) is 1. The van der Waals surface area contributed by atoms with E-state index in [1.807, 2.05) is 48.6 Å². The molecule has 236 valence electrons. The SMILES string of the molecule is Cn1cc(NC(=O)c2cc(NC(=O)c3csc(/C=C/c4ccc5ccccc5n4)n3)cn2C)cc1C(=O)NCCN1CCOCC1. The first kappa shape index (κ1) is 30.9. The molecule has 4 aromatic heterocycles. The summed E-state index contributed by atoms with van der Waals surface area (Å²) in [6.45, 7) is 4.40. The van der Waals surface area contributed by atoms with Gasteiger partial charge in [0.05, 0.1) is 35.8 Å². The number of nitrogens with one attached hydrogen (secondary N) is 3. The zero-order valence-electron chi connectivity index (χ0n) is 25.5. The summed E-state index contributed by atoms with van der Waals surface area (Å²) < 4.78 is 8.66. The number of para-hydroxylation sites is 1. The fourth-order valence-electron chi connectivity index (χ4n) is 5.15. The van der Waals surface area contributed by atoms with Crippen LogP contribution in [0.25, 0.3) is 23.1 Å². The van der Waals surface area contributed by atoms with Crippen LogP contribution in [-0.4, -0.2) is 81.1 Å². The summed E-state index contributed by atoms with van der Waals surface area (Å²) in [5.41, 5.74) is 3.68. The first-order valence-electron chi connectivity index (χ1n) is 14.9. The van der Waals surface area contributed by atoms with E-state index in [1.54, 1.807) is 53.1 Å². The van der Waals surface area contributed by atoms with Crippen molar-refractivity contribution in [3.05, 3.63) is 94.1 Å². The van der Waals surface area contributed by atoms with Crippen LogP contribution >= 0.6 is 11.3 Å². The van der Waals surface area contributed by atoms with Crippen molar-refractivity contribution in [1.82, 2.24) is 29.3 Å². The van der Waals surface area contributed by atoms with Gasteiger partial charge in [-0.3, -0.25) is 19.3 Å². The van der Waals surface area contributed by atoms with E-state index in [2.05, 4.69) is 30.8 Å². The molecule has 5 aromatic rings. The number of aromatic nitrogens is 4. The fraction of sp³-hybridized carbons (Fsp3) is 0.242. The molecular formula is C33H34N8O4S. The lowest BCUT2D eigenvalue weighted by atomic mass is 10.2. The van der Waals surface area contributed by atoms with Crippen LogP contribution in [0.1, 0.15) is 42.2 Å². The zero-order chi connectivity index (χ0) is 32.0. The predicted molar refractivity (Wildman–Crippen MR) is 179 cm³/mol. The molecule has 1 aliphatic heterocycles. The molecule has 0 spiro atoms. The number of nitrogens with zero attached hydrogens (tertiary/aromatic N) is 5. The molecule has 1 aromatic carbocycles. The van der Waals surface area contributed by atoms with Crippen LogP contribution < -0.4 is 16.0 Å². The van der Waals surface area contributed by atoms with E-state index in [4.69, 9.17) is 4.74 Å². The fourth-order valence-corrected chi connectivity index (χ4v) is 5.84. The molecule has 0 unspecified atom stereocenters. The first-order chi connectivity index (χ1) is 22.3. The van der Waals surface area contributed by atoms with Crippen molar-refractivity contribution in [3.63, 3.8) is 0 Å². The Kier molecular flexibility index (Phi) is 9.33. The standard InChI is InChI=1S/C33H34N8O4S/c1-39-20-25(17-28(39)32(43)34-11-12-41-13-15-45-16-14-41)37-33(44)29-18-24(19-40(29)2)36-31(42)27-21-46-30(38-27)10-9-23-8-7-22-5-3-4-6-26(22)35-23/h3-10,17-21H,11-16H2,1-2H3,(H,34,43)(H,36,42)(H,37,44)/b10-9+. The van der Waals surface area contributed by atoms with E-state index in [9.17, 15) is 14.4 Å². The molecule has 0 saturated carbocycles. The maximum atomic E-state index is 13.1.